The van der Waals surface area contributed by atoms with Crippen molar-refractivity contribution in [3.05, 3.63) is 59.9 Å². The molecule has 2 N–H and O–H groups in total. The van der Waals surface area contributed by atoms with E-state index in [1.54, 1.807) is 30.3 Å². The first-order valence-electron chi connectivity index (χ1n) is 9.79. The van der Waals surface area contributed by atoms with Crippen molar-refractivity contribution in [3.63, 3.8) is 0 Å². The van der Waals surface area contributed by atoms with Crippen molar-refractivity contribution < 1.29 is 14.3 Å². The summed E-state index contributed by atoms with van der Waals surface area (Å²) >= 11 is 0. The topological polar surface area (TPSA) is 86.8 Å². The van der Waals surface area contributed by atoms with E-state index in [9.17, 15) is 9.59 Å². The molecule has 29 heavy (non-hydrogen) atoms. The van der Waals surface area contributed by atoms with Crippen molar-refractivity contribution in [2.75, 3.05) is 33.3 Å². The normalized spacial score (nSPS) is 21.8. The first-order valence-corrected chi connectivity index (χ1v) is 9.79. The molecule has 1 aromatic heterocycles. The predicted octanol–water partition coefficient (Wildman–Crippen LogP) is 0.982. The number of methoxy groups -OCH3 is 1. The fraction of sp³-hybridized carbons (Fsp3) is 0.381. The van der Waals surface area contributed by atoms with E-state index < -0.39 is 0 Å². The molecular formula is C21H25N5O3. The third-order valence-corrected chi connectivity index (χ3v) is 5.48. The van der Waals surface area contributed by atoms with Crippen LogP contribution < -0.4 is 15.6 Å². The molecule has 0 aliphatic carbocycles. The van der Waals surface area contributed by atoms with Crippen LogP contribution in [0.1, 0.15) is 28.4 Å². The molecule has 152 valence electrons. The molecule has 1 aromatic carbocycles. The minimum Gasteiger partial charge on any atom is -0.497 e. The summed E-state index contributed by atoms with van der Waals surface area (Å²) in [6, 6.07) is 10.8. The highest BCUT2D eigenvalue weighted by Gasteiger charge is 2.34. The Morgan fingerprint density at radius 2 is 1.86 bits per heavy atom. The van der Waals surface area contributed by atoms with Gasteiger partial charge in [-0.05, 0) is 36.2 Å². The lowest BCUT2D eigenvalue weighted by molar-refractivity contribution is -0.134. The molecule has 0 saturated carbocycles. The Balaban J connectivity index is 1.31. The van der Waals surface area contributed by atoms with Gasteiger partial charge in [-0.3, -0.25) is 14.6 Å². The standard InChI is InChI=1S/C21H25N5O3/c1-29-17-6-2-4-15(12-17)20(27)25-8-10-26(11-9-25)21(28)19-13-18(23-24-19)16-5-3-7-22-14-16/h2-7,12,14,18-19,23-24H,8-11,13H2,1H3. The van der Waals surface area contributed by atoms with E-state index in [1.165, 1.54) is 0 Å². The average molecular weight is 395 g/mol. The zero-order valence-electron chi connectivity index (χ0n) is 16.4. The largest absolute Gasteiger partial charge is 0.497 e. The Labute approximate surface area is 169 Å². The maximum absolute atomic E-state index is 12.9. The summed E-state index contributed by atoms with van der Waals surface area (Å²) in [6.07, 6.45) is 4.23. The Morgan fingerprint density at radius 1 is 1.07 bits per heavy atom. The van der Waals surface area contributed by atoms with Gasteiger partial charge in [-0.1, -0.05) is 12.1 Å². The Bertz CT molecular complexity index is 868. The van der Waals surface area contributed by atoms with Gasteiger partial charge >= 0.3 is 0 Å². The average Bonchev–Trinajstić information content (AvgIpc) is 3.29. The second kappa shape index (κ2) is 8.59. The van der Waals surface area contributed by atoms with Crippen LogP contribution in [0.2, 0.25) is 0 Å². The predicted molar refractivity (Wildman–Crippen MR) is 107 cm³/mol. The molecule has 2 atom stereocenters. The third kappa shape index (κ3) is 4.23. The van der Waals surface area contributed by atoms with Crippen molar-refractivity contribution >= 4 is 11.8 Å². The summed E-state index contributed by atoms with van der Waals surface area (Å²) in [5, 5.41) is 0. The number of aromatic nitrogens is 1. The lowest BCUT2D eigenvalue weighted by Crippen LogP contribution is -2.54. The van der Waals surface area contributed by atoms with Crippen molar-refractivity contribution in [2.45, 2.75) is 18.5 Å². The highest BCUT2D eigenvalue weighted by molar-refractivity contribution is 5.94. The van der Waals surface area contributed by atoms with Crippen LogP contribution >= 0.6 is 0 Å². The molecule has 2 amide bonds. The van der Waals surface area contributed by atoms with Crippen LogP contribution in [0, 0.1) is 0 Å². The van der Waals surface area contributed by atoms with E-state index in [4.69, 9.17) is 4.74 Å². The van der Waals surface area contributed by atoms with Gasteiger partial charge in [-0.2, -0.15) is 0 Å². The maximum atomic E-state index is 12.9. The van der Waals surface area contributed by atoms with E-state index in [2.05, 4.69) is 15.8 Å². The van der Waals surface area contributed by atoms with Gasteiger partial charge in [0.05, 0.1) is 7.11 Å². The van der Waals surface area contributed by atoms with Gasteiger partial charge in [0.1, 0.15) is 11.8 Å². The number of ether oxygens (including phenoxy) is 1. The number of carbonyl (C=O) groups excluding carboxylic acids is 2. The van der Waals surface area contributed by atoms with Gasteiger partial charge in [0.25, 0.3) is 5.91 Å². The van der Waals surface area contributed by atoms with Crippen LogP contribution in [0.15, 0.2) is 48.8 Å². The summed E-state index contributed by atoms with van der Waals surface area (Å²) in [6.45, 7) is 2.11. The van der Waals surface area contributed by atoms with Gasteiger partial charge in [0, 0.05) is 50.2 Å². The molecule has 0 radical (unpaired) electrons. The Kier molecular flexibility index (Phi) is 5.73. The number of carbonyl (C=O) groups is 2. The van der Waals surface area contributed by atoms with Crippen LogP contribution in [0.3, 0.4) is 0 Å². The minimum atomic E-state index is -0.277. The van der Waals surface area contributed by atoms with Crippen LogP contribution in [-0.4, -0.2) is 65.9 Å². The summed E-state index contributed by atoms with van der Waals surface area (Å²) in [4.78, 5) is 33.4. The summed E-state index contributed by atoms with van der Waals surface area (Å²) < 4.78 is 5.20. The van der Waals surface area contributed by atoms with Gasteiger partial charge in [0.15, 0.2) is 0 Å². The number of pyridine rings is 1. The Morgan fingerprint density at radius 3 is 2.59 bits per heavy atom. The molecule has 0 bridgehead atoms. The number of piperazine rings is 1. The highest BCUT2D eigenvalue weighted by Crippen LogP contribution is 2.23. The molecule has 2 saturated heterocycles. The van der Waals surface area contributed by atoms with Crippen LogP contribution in [0.5, 0.6) is 5.75 Å². The SMILES string of the molecule is COc1cccc(C(=O)N2CCN(C(=O)C3CC(c4cccnc4)NN3)CC2)c1. The van der Waals surface area contributed by atoms with Gasteiger partial charge in [-0.15, -0.1) is 0 Å². The summed E-state index contributed by atoms with van der Waals surface area (Å²) in [7, 11) is 1.58. The zero-order chi connectivity index (χ0) is 20.2. The first-order chi connectivity index (χ1) is 14.2. The van der Waals surface area contributed by atoms with Crippen molar-refractivity contribution in [3.8, 4) is 5.75 Å². The molecule has 2 aliphatic heterocycles. The number of amides is 2. The molecule has 3 heterocycles. The minimum absolute atomic E-state index is 0.0340. The number of benzene rings is 1. The number of rotatable bonds is 4. The van der Waals surface area contributed by atoms with Crippen molar-refractivity contribution in [1.82, 2.24) is 25.6 Å². The maximum Gasteiger partial charge on any atom is 0.254 e. The van der Waals surface area contributed by atoms with Crippen molar-refractivity contribution in [1.29, 1.82) is 0 Å². The fourth-order valence-electron chi connectivity index (χ4n) is 3.81. The smallest absolute Gasteiger partial charge is 0.254 e. The number of hydrogen-bond donors (Lipinski definition) is 2. The van der Waals surface area contributed by atoms with Gasteiger partial charge in [-0.25, -0.2) is 10.9 Å². The molecule has 8 nitrogen and oxygen atoms in total. The molecular weight excluding hydrogens is 370 g/mol. The van der Waals surface area contributed by atoms with E-state index in [1.807, 2.05) is 35.4 Å². The summed E-state index contributed by atoms with van der Waals surface area (Å²) in [5.41, 5.74) is 7.96. The third-order valence-electron chi connectivity index (χ3n) is 5.48. The number of nitrogens with one attached hydrogen (secondary N) is 2. The van der Waals surface area contributed by atoms with Crippen LogP contribution in [-0.2, 0) is 4.79 Å². The summed E-state index contributed by atoms with van der Waals surface area (Å²) in [5.74, 6) is 0.693. The van der Waals surface area contributed by atoms with Crippen molar-refractivity contribution in [2.24, 2.45) is 0 Å². The number of hydrazine groups is 1. The quantitative estimate of drug-likeness (QED) is 0.803. The van der Waals surface area contributed by atoms with Gasteiger partial charge < -0.3 is 14.5 Å². The van der Waals surface area contributed by atoms with E-state index >= 15 is 0 Å². The molecule has 0 spiro atoms. The monoisotopic (exact) mass is 395 g/mol. The lowest BCUT2D eigenvalue weighted by atomic mass is 10.0. The molecule has 2 unspecified atom stereocenters. The van der Waals surface area contributed by atoms with Crippen LogP contribution in [0.4, 0.5) is 0 Å². The molecule has 8 heteroatoms. The number of hydrogen-bond acceptors (Lipinski definition) is 6. The van der Waals surface area contributed by atoms with Crippen LogP contribution in [0.25, 0.3) is 0 Å². The van der Waals surface area contributed by atoms with Gasteiger partial charge in [0.2, 0.25) is 5.91 Å². The Hall–Kier alpha value is -2.97. The molecule has 4 rings (SSSR count). The zero-order valence-corrected chi connectivity index (χ0v) is 16.4. The number of nitrogens with zero attached hydrogens (tertiary/aromatic N) is 3. The molecule has 2 aromatic rings. The van der Waals surface area contributed by atoms with E-state index in [0.717, 1.165) is 5.56 Å². The second-order valence-electron chi connectivity index (χ2n) is 7.27. The lowest BCUT2D eigenvalue weighted by Gasteiger charge is -2.36. The highest BCUT2D eigenvalue weighted by atomic mass is 16.5. The molecule has 2 fully saturated rings. The fourth-order valence-corrected chi connectivity index (χ4v) is 3.81. The first kappa shape index (κ1) is 19.4. The van der Waals surface area contributed by atoms with E-state index in [-0.39, 0.29) is 23.9 Å². The van der Waals surface area contributed by atoms with E-state index in [0.29, 0.717) is 43.9 Å². The molecule has 2 aliphatic rings. The second-order valence-corrected chi connectivity index (χ2v) is 7.27.